The zero-order valence-corrected chi connectivity index (χ0v) is 19.5. The van der Waals surface area contributed by atoms with Gasteiger partial charge in [-0.2, -0.15) is 0 Å². The van der Waals surface area contributed by atoms with Crippen LogP contribution in [0.5, 0.6) is 0 Å². The number of nitrogens with zero attached hydrogens (tertiary/aromatic N) is 4. The van der Waals surface area contributed by atoms with Gasteiger partial charge in [0, 0.05) is 62.0 Å². The standard InChI is InChI=1S/C22H25F3N4O4S/c1-34(31)29-8-6-28(7-9-29)21(30)15-13-26-19-14(12-16(23)17(24)18(19)25)20(15)27-4-2-22(3-5-27)32-10-11-33-22/h12-13H,2-11H2,1H3. The van der Waals surface area contributed by atoms with E-state index in [9.17, 15) is 22.5 Å². The Labute approximate surface area is 197 Å². The number of amides is 1. The van der Waals surface area contributed by atoms with Crippen LogP contribution >= 0.6 is 0 Å². The molecule has 2 aromatic rings. The van der Waals surface area contributed by atoms with Crippen molar-refractivity contribution in [3.63, 3.8) is 0 Å². The van der Waals surface area contributed by atoms with Gasteiger partial charge in [-0.05, 0) is 6.07 Å². The van der Waals surface area contributed by atoms with Crippen molar-refractivity contribution >= 4 is 33.9 Å². The van der Waals surface area contributed by atoms with Crippen LogP contribution in [0.2, 0.25) is 0 Å². The van der Waals surface area contributed by atoms with Gasteiger partial charge in [0.25, 0.3) is 5.91 Å². The number of halogens is 3. The minimum absolute atomic E-state index is 0.0414. The Morgan fingerprint density at radius 2 is 1.71 bits per heavy atom. The molecule has 1 amide bonds. The lowest BCUT2D eigenvalue weighted by Crippen LogP contribution is -2.50. The number of anilines is 1. The number of hydrogen-bond acceptors (Lipinski definition) is 7. The number of fused-ring (bicyclic) bond motifs is 1. The number of pyridine rings is 1. The van der Waals surface area contributed by atoms with Crippen molar-refractivity contribution in [2.45, 2.75) is 18.6 Å². The molecule has 3 fully saturated rings. The summed E-state index contributed by atoms with van der Waals surface area (Å²) >= 11 is -1.13. The zero-order chi connectivity index (χ0) is 24.0. The highest BCUT2D eigenvalue weighted by Crippen LogP contribution is 2.38. The van der Waals surface area contributed by atoms with Crippen LogP contribution < -0.4 is 4.90 Å². The number of piperazine rings is 1. The van der Waals surface area contributed by atoms with Gasteiger partial charge in [-0.1, -0.05) is 0 Å². The van der Waals surface area contributed by atoms with Gasteiger partial charge in [0.15, 0.2) is 23.2 Å². The molecule has 12 heteroatoms. The fourth-order valence-corrected chi connectivity index (χ4v) is 5.58. The van der Waals surface area contributed by atoms with Crippen molar-refractivity contribution < 1.29 is 32.0 Å². The van der Waals surface area contributed by atoms with E-state index in [2.05, 4.69) is 4.98 Å². The summed E-state index contributed by atoms with van der Waals surface area (Å²) in [5, 5.41) is 0.0414. The maximum Gasteiger partial charge on any atom is 0.257 e. The lowest BCUT2D eigenvalue weighted by atomic mass is 9.99. The lowest BCUT2D eigenvalue weighted by molar-refractivity contribution is -0.169. The predicted molar refractivity (Wildman–Crippen MR) is 119 cm³/mol. The summed E-state index contributed by atoms with van der Waals surface area (Å²) in [5.74, 6) is -5.35. The molecule has 184 valence electrons. The van der Waals surface area contributed by atoms with E-state index in [1.165, 1.54) is 6.20 Å². The molecule has 0 saturated carbocycles. The van der Waals surface area contributed by atoms with Crippen molar-refractivity contribution in [3.05, 3.63) is 35.3 Å². The third-order valence-corrected chi connectivity index (χ3v) is 7.84. The first-order valence-corrected chi connectivity index (χ1v) is 12.7. The Hall–Kier alpha value is -2.12. The number of piperidine rings is 1. The molecular weight excluding hydrogens is 473 g/mol. The molecule has 1 spiro atoms. The van der Waals surface area contributed by atoms with Crippen LogP contribution in [0.1, 0.15) is 23.2 Å². The van der Waals surface area contributed by atoms with Gasteiger partial charge in [0.1, 0.15) is 11.8 Å². The Kier molecular flexibility index (Phi) is 6.36. The van der Waals surface area contributed by atoms with Crippen LogP contribution in [-0.4, -0.2) is 89.2 Å². The molecule has 4 heterocycles. The fraction of sp³-hybridized carbons (Fsp3) is 0.545. The minimum atomic E-state index is -1.60. The summed E-state index contributed by atoms with van der Waals surface area (Å²) in [7, 11) is 0. The molecule has 0 N–H and O–H groups in total. The van der Waals surface area contributed by atoms with Gasteiger partial charge in [-0.3, -0.25) is 9.78 Å². The van der Waals surface area contributed by atoms with Gasteiger partial charge < -0.3 is 23.8 Å². The molecular formula is C22H25F3N4O4S. The highest BCUT2D eigenvalue weighted by molar-refractivity contribution is 7.88. The van der Waals surface area contributed by atoms with E-state index in [1.54, 1.807) is 15.5 Å². The molecule has 3 aliphatic heterocycles. The average Bonchev–Trinajstić information content (AvgIpc) is 3.30. The second-order valence-electron chi connectivity index (χ2n) is 8.64. The van der Waals surface area contributed by atoms with Gasteiger partial charge >= 0.3 is 0 Å². The molecule has 0 radical (unpaired) electrons. The van der Waals surface area contributed by atoms with E-state index in [1.807, 2.05) is 4.90 Å². The zero-order valence-electron chi connectivity index (χ0n) is 18.7. The van der Waals surface area contributed by atoms with Crippen molar-refractivity contribution in [1.82, 2.24) is 14.2 Å². The molecule has 3 aliphatic rings. The fourth-order valence-electron chi connectivity index (χ4n) is 4.90. The molecule has 1 aromatic carbocycles. The van der Waals surface area contributed by atoms with E-state index in [0.29, 0.717) is 71.0 Å². The first-order valence-electron chi connectivity index (χ1n) is 11.2. The SMILES string of the molecule is C[S+]([O-])N1CCN(C(=O)c2cnc3c(F)c(F)c(F)cc3c2N2CCC3(CC2)OCCO3)CC1. The van der Waals surface area contributed by atoms with E-state index in [-0.39, 0.29) is 22.4 Å². The minimum Gasteiger partial charge on any atom is -0.598 e. The van der Waals surface area contributed by atoms with Crippen molar-refractivity contribution in [1.29, 1.82) is 0 Å². The molecule has 1 aromatic heterocycles. The molecule has 34 heavy (non-hydrogen) atoms. The smallest absolute Gasteiger partial charge is 0.257 e. The van der Waals surface area contributed by atoms with E-state index >= 15 is 0 Å². The van der Waals surface area contributed by atoms with Crippen LogP contribution in [0, 0.1) is 17.5 Å². The second kappa shape index (κ2) is 9.15. The van der Waals surface area contributed by atoms with Crippen molar-refractivity contribution in [2.75, 3.05) is 63.6 Å². The summed E-state index contributed by atoms with van der Waals surface area (Å²) in [5.41, 5.74) is 0.181. The first-order chi connectivity index (χ1) is 16.3. The summed E-state index contributed by atoms with van der Waals surface area (Å²) < 4.78 is 67.9. The normalized spacial score (nSPS) is 22.0. The van der Waals surface area contributed by atoms with Crippen LogP contribution in [0.25, 0.3) is 10.9 Å². The molecule has 1 atom stereocenters. The summed E-state index contributed by atoms with van der Waals surface area (Å²) in [4.78, 5) is 21.0. The number of hydrogen-bond donors (Lipinski definition) is 0. The summed E-state index contributed by atoms with van der Waals surface area (Å²) in [6.07, 6.45) is 3.85. The number of carbonyl (C=O) groups is 1. The van der Waals surface area contributed by atoms with Crippen molar-refractivity contribution in [2.24, 2.45) is 0 Å². The molecule has 1 unspecified atom stereocenters. The highest BCUT2D eigenvalue weighted by atomic mass is 32.2. The van der Waals surface area contributed by atoms with E-state index in [4.69, 9.17) is 9.47 Å². The number of benzene rings is 1. The molecule has 3 saturated heterocycles. The Morgan fingerprint density at radius 1 is 1.06 bits per heavy atom. The third kappa shape index (κ3) is 4.11. The quantitative estimate of drug-likeness (QED) is 0.473. The Bertz CT molecular complexity index is 1100. The third-order valence-electron chi connectivity index (χ3n) is 6.74. The Balaban J connectivity index is 1.52. The molecule has 0 bridgehead atoms. The molecule has 5 rings (SSSR count). The van der Waals surface area contributed by atoms with Crippen molar-refractivity contribution in [3.8, 4) is 0 Å². The average molecular weight is 499 g/mol. The Morgan fingerprint density at radius 3 is 2.32 bits per heavy atom. The van der Waals surface area contributed by atoms with E-state index < -0.39 is 34.6 Å². The van der Waals surface area contributed by atoms with Gasteiger partial charge in [0.05, 0.1) is 37.6 Å². The van der Waals surface area contributed by atoms with Gasteiger partial charge in [-0.15, -0.1) is 4.31 Å². The van der Waals surface area contributed by atoms with Gasteiger partial charge in [0.2, 0.25) is 0 Å². The van der Waals surface area contributed by atoms with E-state index in [0.717, 1.165) is 6.07 Å². The molecule has 0 aliphatic carbocycles. The maximum absolute atomic E-state index is 14.6. The summed E-state index contributed by atoms with van der Waals surface area (Å²) in [6.45, 7) is 3.45. The second-order valence-corrected chi connectivity index (χ2v) is 10.0. The first kappa shape index (κ1) is 23.6. The topological polar surface area (TPSA) is 81.2 Å². The lowest BCUT2D eigenvalue weighted by Gasteiger charge is -2.40. The maximum atomic E-state index is 14.6. The number of ether oxygens (including phenoxy) is 2. The highest BCUT2D eigenvalue weighted by Gasteiger charge is 2.41. The number of aromatic nitrogens is 1. The summed E-state index contributed by atoms with van der Waals surface area (Å²) in [6, 6.07) is 0.901. The van der Waals surface area contributed by atoms with Crippen LogP contribution in [-0.2, 0) is 20.8 Å². The number of carbonyl (C=O) groups excluding carboxylic acids is 1. The predicted octanol–water partition coefficient (Wildman–Crippen LogP) is 2.05. The monoisotopic (exact) mass is 498 g/mol. The number of rotatable bonds is 3. The molecule has 8 nitrogen and oxygen atoms in total. The van der Waals surface area contributed by atoms with Crippen LogP contribution in [0.15, 0.2) is 12.3 Å². The van der Waals surface area contributed by atoms with Crippen LogP contribution in [0.3, 0.4) is 0 Å². The van der Waals surface area contributed by atoms with Gasteiger partial charge in [-0.25, -0.2) is 13.2 Å². The largest absolute Gasteiger partial charge is 0.598 e. The van der Waals surface area contributed by atoms with Crippen LogP contribution in [0.4, 0.5) is 18.9 Å².